The number of benzene rings is 2. The van der Waals surface area contributed by atoms with Crippen molar-refractivity contribution in [1.82, 2.24) is 4.90 Å². The average molecular weight is 423 g/mol. The summed E-state index contributed by atoms with van der Waals surface area (Å²) in [6.07, 6.45) is 3.19. The van der Waals surface area contributed by atoms with Gasteiger partial charge in [0.2, 0.25) is 0 Å². The molecule has 0 aromatic heterocycles. The first kappa shape index (κ1) is 18.3. The first-order valence-corrected chi connectivity index (χ1v) is 9.68. The van der Waals surface area contributed by atoms with Crippen LogP contribution in [0.3, 0.4) is 0 Å². The molecule has 0 bridgehead atoms. The lowest BCUT2D eigenvalue weighted by molar-refractivity contribution is -0.134. The molecular weight excluding hydrogens is 402 g/mol. The lowest BCUT2D eigenvalue weighted by Gasteiger charge is -2.32. The maximum Gasteiger partial charge on any atom is 0.260 e. The monoisotopic (exact) mass is 421 g/mol. The van der Waals surface area contributed by atoms with E-state index in [1.165, 1.54) is 5.56 Å². The molecule has 0 radical (unpaired) electrons. The van der Waals surface area contributed by atoms with E-state index in [4.69, 9.17) is 16.3 Å². The Balaban J connectivity index is 1.45. The summed E-state index contributed by atoms with van der Waals surface area (Å²) in [4.78, 5) is 14.3. The highest BCUT2D eigenvalue weighted by Crippen LogP contribution is 2.28. The first-order chi connectivity index (χ1) is 12.1. The van der Waals surface area contributed by atoms with Gasteiger partial charge in [0, 0.05) is 18.1 Å². The lowest BCUT2D eigenvalue weighted by Crippen LogP contribution is -2.41. The van der Waals surface area contributed by atoms with Crippen molar-refractivity contribution in [2.75, 3.05) is 19.7 Å². The predicted octanol–water partition coefficient (Wildman–Crippen LogP) is 4.96. The number of nitrogens with zero attached hydrogens (tertiary/aromatic N) is 1. The van der Waals surface area contributed by atoms with Crippen molar-refractivity contribution in [1.29, 1.82) is 0 Å². The summed E-state index contributed by atoms with van der Waals surface area (Å²) in [5.41, 5.74) is 1.38. The molecule has 1 fully saturated rings. The third-order valence-electron chi connectivity index (χ3n) is 4.58. The van der Waals surface area contributed by atoms with Gasteiger partial charge in [-0.05, 0) is 64.9 Å². The van der Waals surface area contributed by atoms with Crippen molar-refractivity contribution in [2.24, 2.45) is 5.92 Å². The van der Waals surface area contributed by atoms with Crippen molar-refractivity contribution >= 4 is 33.4 Å². The van der Waals surface area contributed by atoms with E-state index < -0.39 is 0 Å². The second kappa shape index (κ2) is 8.72. The number of hydrogen-bond acceptors (Lipinski definition) is 2. The molecular formula is C20H21BrClNO2. The van der Waals surface area contributed by atoms with Gasteiger partial charge in [0.25, 0.3) is 5.91 Å². The fourth-order valence-corrected chi connectivity index (χ4v) is 3.95. The van der Waals surface area contributed by atoms with E-state index in [1.54, 1.807) is 18.2 Å². The first-order valence-electron chi connectivity index (χ1n) is 8.51. The van der Waals surface area contributed by atoms with Gasteiger partial charge in [-0.25, -0.2) is 0 Å². The van der Waals surface area contributed by atoms with Crippen LogP contribution in [0.1, 0.15) is 18.4 Å². The number of carbonyl (C=O) groups is 1. The van der Waals surface area contributed by atoms with Gasteiger partial charge in [0.15, 0.2) is 6.61 Å². The highest BCUT2D eigenvalue weighted by Gasteiger charge is 2.23. The van der Waals surface area contributed by atoms with Crippen molar-refractivity contribution < 1.29 is 9.53 Å². The van der Waals surface area contributed by atoms with E-state index in [9.17, 15) is 4.79 Å². The topological polar surface area (TPSA) is 29.5 Å². The summed E-state index contributed by atoms with van der Waals surface area (Å²) in [5.74, 6) is 1.33. The minimum Gasteiger partial charge on any atom is -0.483 e. The highest BCUT2D eigenvalue weighted by molar-refractivity contribution is 9.10. The van der Waals surface area contributed by atoms with Crippen LogP contribution in [0.2, 0.25) is 5.02 Å². The second-order valence-corrected chi connectivity index (χ2v) is 7.67. The quantitative estimate of drug-likeness (QED) is 0.681. The van der Waals surface area contributed by atoms with E-state index in [1.807, 2.05) is 11.0 Å². The van der Waals surface area contributed by atoms with E-state index in [-0.39, 0.29) is 12.5 Å². The Bertz CT molecular complexity index is 715. The van der Waals surface area contributed by atoms with E-state index >= 15 is 0 Å². The van der Waals surface area contributed by atoms with E-state index in [0.29, 0.717) is 16.7 Å². The van der Waals surface area contributed by atoms with Crippen LogP contribution in [0, 0.1) is 5.92 Å². The molecule has 0 spiro atoms. The number of ether oxygens (including phenoxy) is 1. The average Bonchev–Trinajstić information content (AvgIpc) is 2.62. The molecule has 1 saturated heterocycles. The number of amides is 1. The molecule has 1 aliphatic heterocycles. The lowest BCUT2D eigenvalue weighted by atomic mass is 9.90. The molecule has 5 heteroatoms. The summed E-state index contributed by atoms with van der Waals surface area (Å²) in [5, 5.41) is 0.631. The Morgan fingerprint density at radius 3 is 2.56 bits per heavy atom. The zero-order valence-electron chi connectivity index (χ0n) is 14.0. The Labute approximate surface area is 162 Å². The van der Waals surface area contributed by atoms with Crippen LogP contribution >= 0.6 is 27.5 Å². The minimum atomic E-state index is 0.0417. The predicted molar refractivity (Wildman–Crippen MR) is 104 cm³/mol. The number of rotatable bonds is 5. The van der Waals surface area contributed by atoms with Crippen molar-refractivity contribution in [3.05, 3.63) is 63.6 Å². The summed E-state index contributed by atoms with van der Waals surface area (Å²) in [7, 11) is 0. The van der Waals surface area contributed by atoms with Crippen molar-refractivity contribution in [3.8, 4) is 5.75 Å². The van der Waals surface area contributed by atoms with Crippen LogP contribution in [-0.2, 0) is 11.2 Å². The number of halogens is 2. The molecule has 132 valence electrons. The molecule has 3 rings (SSSR count). The summed E-state index contributed by atoms with van der Waals surface area (Å²) in [6, 6.07) is 15.8. The minimum absolute atomic E-state index is 0.0417. The largest absolute Gasteiger partial charge is 0.483 e. The summed E-state index contributed by atoms with van der Waals surface area (Å²) < 4.78 is 6.39. The molecule has 1 heterocycles. The second-order valence-electron chi connectivity index (χ2n) is 6.38. The van der Waals surface area contributed by atoms with Gasteiger partial charge < -0.3 is 9.64 Å². The standard InChI is InChI=1S/C20H21BrClNO2/c21-18-13-17(22)6-7-19(18)25-14-20(24)23-10-8-16(9-11-23)12-15-4-2-1-3-5-15/h1-7,13,16H,8-12,14H2. The van der Waals surface area contributed by atoms with Crippen molar-refractivity contribution in [2.45, 2.75) is 19.3 Å². The van der Waals surface area contributed by atoms with Gasteiger partial charge >= 0.3 is 0 Å². The van der Waals surface area contributed by atoms with Crippen LogP contribution in [0.4, 0.5) is 0 Å². The molecule has 3 nitrogen and oxygen atoms in total. The third kappa shape index (κ3) is 5.23. The fourth-order valence-electron chi connectivity index (χ4n) is 3.16. The SMILES string of the molecule is O=C(COc1ccc(Cl)cc1Br)N1CCC(Cc2ccccc2)CC1. The van der Waals surface area contributed by atoms with Crippen LogP contribution in [0.5, 0.6) is 5.75 Å². The smallest absolute Gasteiger partial charge is 0.260 e. The van der Waals surface area contributed by atoms with Gasteiger partial charge in [-0.15, -0.1) is 0 Å². The van der Waals surface area contributed by atoms with Gasteiger partial charge in [-0.1, -0.05) is 41.9 Å². The van der Waals surface area contributed by atoms with Crippen LogP contribution in [0.25, 0.3) is 0 Å². The van der Waals surface area contributed by atoms with E-state index in [2.05, 4.69) is 40.2 Å². The molecule has 0 saturated carbocycles. The van der Waals surface area contributed by atoms with Gasteiger partial charge in [-0.2, -0.15) is 0 Å². The van der Waals surface area contributed by atoms with Crippen molar-refractivity contribution in [3.63, 3.8) is 0 Å². The van der Waals surface area contributed by atoms with Gasteiger partial charge in [0.1, 0.15) is 5.75 Å². The molecule has 0 N–H and O–H groups in total. The fraction of sp³-hybridized carbons (Fsp3) is 0.350. The maximum absolute atomic E-state index is 12.4. The molecule has 1 amide bonds. The summed E-state index contributed by atoms with van der Waals surface area (Å²) >= 11 is 9.31. The van der Waals surface area contributed by atoms with Crippen LogP contribution in [0.15, 0.2) is 53.0 Å². The molecule has 2 aromatic carbocycles. The molecule has 0 unspecified atom stereocenters. The molecule has 0 aliphatic carbocycles. The number of hydrogen-bond donors (Lipinski definition) is 0. The van der Waals surface area contributed by atoms with Gasteiger partial charge in [-0.3, -0.25) is 4.79 Å². The van der Waals surface area contributed by atoms with Crippen LogP contribution < -0.4 is 4.74 Å². The summed E-state index contributed by atoms with van der Waals surface area (Å²) in [6.45, 7) is 1.67. The Kier molecular flexibility index (Phi) is 6.38. The molecule has 25 heavy (non-hydrogen) atoms. The molecule has 2 aromatic rings. The molecule has 1 aliphatic rings. The van der Waals surface area contributed by atoms with Gasteiger partial charge in [0.05, 0.1) is 4.47 Å². The molecule has 0 atom stereocenters. The van der Waals surface area contributed by atoms with Crippen LogP contribution in [-0.4, -0.2) is 30.5 Å². The highest BCUT2D eigenvalue weighted by atomic mass is 79.9. The Hall–Kier alpha value is -1.52. The zero-order chi connectivity index (χ0) is 17.6. The Morgan fingerprint density at radius 2 is 1.88 bits per heavy atom. The number of likely N-dealkylation sites (tertiary alicyclic amines) is 1. The third-order valence-corrected chi connectivity index (χ3v) is 5.43. The Morgan fingerprint density at radius 1 is 1.16 bits per heavy atom. The van der Waals surface area contributed by atoms with E-state index in [0.717, 1.165) is 36.8 Å². The number of carbonyl (C=O) groups excluding carboxylic acids is 1. The zero-order valence-corrected chi connectivity index (χ0v) is 16.3. The normalized spacial score (nSPS) is 15.2. The number of piperidine rings is 1. The maximum atomic E-state index is 12.4.